The first kappa shape index (κ1) is 15.8. The first-order chi connectivity index (χ1) is 10.5. The van der Waals surface area contributed by atoms with Crippen molar-refractivity contribution in [3.05, 3.63) is 47.0 Å². The van der Waals surface area contributed by atoms with E-state index in [2.05, 4.69) is 47.7 Å². The first-order valence-electron chi connectivity index (χ1n) is 7.36. The summed E-state index contributed by atoms with van der Waals surface area (Å²) >= 11 is 0. The fourth-order valence-corrected chi connectivity index (χ4v) is 2.02. The van der Waals surface area contributed by atoms with Gasteiger partial charge in [-0.2, -0.15) is 0 Å². The largest absolute Gasteiger partial charge is 0.382 e. The molecule has 0 atom stereocenters. The number of hydrogen-bond acceptors (Lipinski definition) is 4. The van der Waals surface area contributed by atoms with Gasteiger partial charge in [0.25, 0.3) is 0 Å². The highest BCUT2D eigenvalue weighted by Crippen LogP contribution is 2.19. The number of nitrogens with one attached hydrogen (secondary N) is 2. The summed E-state index contributed by atoms with van der Waals surface area (Å²) in [7, 11) is 0. The van der Waals surface area contributed by atoms with E-state index in [1.165, 1.54) is 16.7 Å². The third-order valence-corrected chi connectivity index (χ3v) is 3.56. The van der Waals surface area contributed by atoms with Crippen LogP contribution < -0.4 is 16.4 Å². The van der Waals surface area contributed by atoms with E-state index < -0.39 is 0 Å². The number of hydrogen-bond donors (Lipinski definition) is 3. The summed E-state index contributed by atoms with van der Waals surface area (Å²) in [4.78, 5) is 15.6. The summed E-state index contributed by atoms with van der Waals surface area (Å²) in [5, 5.41) is 5.96. The Balaban J connectivity index is 2.02. The summed E-state index contributed by atoms with van der Waals surface area (Å²) in [6.07, 6.45) is 0.409. The van der Waals surface area contributed by atoms with Crippen LogP contribution >= 0.6 is 0 Å². The molecule has 22 heavy (non-hydrogen) atoms. The van der Waals surface area contributed by atoms with Crippen molar-refractivity contribution in [3.63, 3.8) is 0 Å². The molecule has 1 amide bonds. The zero-order valence-corrected chi connectivity index (χ0v) is 13.2. The zero-order chi connectivity index (χ0) is 16.1. The van der Waals surface area contributed by atoms with Gasteiger partial charge in [-0.1, -0.05) is 25.1 Å². The van der Waals surface area contributed by atoms with Crippen molar-refractivity contribution in [3.8, 4) is 0 Å². The number of aromatic nitrogens is 1. The van der Waals surface area contributed by atoms with Crippen LogP contribution in [0.15, 0.2) is 30.3 Å². The van der Waals surface area contributed by atoms with Crippen LogP contribution in [0, 0.1) is 13.8 Å². The van der Waals surface area contributed by atoms with Gasteiger partial charge in [-0.15, -0.1) is 0 Å². The Morgan fingerprint density at radius 3 is 2.59 bits per heavy atom. The quantitative estimate of drug-likeness (QED) is 0.791. The highest BCUT2D eigenvalue weighted by atomic mass is 16.1. The van der Waals surface area contributed by atoms with Crippen molar-refractivity contribution in [1.82, 2.24) is 4.98 Å². The summed E-state index contributed by atoms with van der Waals surface area (Å²) < 4.78 is 0. The molecule has 0 bridgehead atoms. The van der Waals surface area contributed by atoms with Gasteiger partial charge in [0.15, 0.2) is 0 Å². The van der Waals surface area contributed by atoms with Crippen LogP contribution in [0.3, 0.4) is 0 Å². The molecule has 0 aliphatic carbocycles. The molecule has 0 saturated heterocycles. The topological polar surface area (TPSA) is 80.0 Å². The maximum Gasteiger partial charge on any atom is 0.224 e. The number of nitrogens with two attached hydrogens (primary N) is 1. The average Bonchev–Trinajstić information content (AvgIpc) is 2.50. The van der Waals surface area contributed by atoms with Crippen LogP contribution in [0.4, 0.5) is 17.3 Å². The lowest BCUT2D eigenvalue weighted by Gasteiger charge is -2.11. The number of aryl methyl sites for hydroxylation is 2. The molecule has 0 spiro atoms. The van der Waals surface area contributed by atoms with Crippen molar-refractivity contribution in [2.75, 3.05) is 16.4 Å². The fourth-order valence-electron chi connectivity index (χ4n) is 2.02. The van der Waals surface area contributed by atoms with Gasteiger partial charge < -0.3 is 16.4 Å². The Kier molecular flexibility index (Phi) is 4.99. The maximum atomic E-state index is 11.4. The normalized spacial score (nSPS) is 10.3. The molecule has 0 aliphatic heterocycles. The number of amides is 1. The molecule has 2 aromatic rings. The van der Waals surface area contributed by atoms with E-state index in [0.29, 0.717) is 30.3 Å². The van der Waals surface area contributed by atoms with Crippen LogP contribution in [0.5, 0.6) is 0 Å². The van der Waals surface area contributed by atoms with Crippen molar-refractivity contribution in [1.29, 1.82) is 0 Å². The summed E-state index contributed by atoms with van der Waals surface area (Å²) in [5.41, 5.74) is 10.2. The predicted octanol–water partition coefficient (Wildman–Crippen LogP) is 3.24. The molecule has 116 valence electrons. The monoisotopic (exact) mass is 298 g/mol. The van der Waals surface area contributed by atoms with Gasteiger partial charge in [0.05, 0.1) is 5.69 Å². The number of anilines is 3. The molecular weight excluding hydrogens is 276 g/mol. The van der Waals surface area contributed by atoms with Gasteiger partial charge in [0, 0.05) is 13.0 Å². The number of carbonyl (C=O) groups excluding carboxylic acids is 1. The third kappa shape index (κ3) is 3.97. The minimum atomic E-state index is -0.0793. The van der Waals surface area contributed by atoms with Crippen LogP contribution in [-0.4, -0.2) is 10.9 Å². The maximum absolute atomic E-state index is 11.4. The number of nitrogens with zero attached hydrogens (tertiary/aromatic N) is 1. The van der Waals surface area contributed by atoms with E-state index in [9.17, 15) is 4.79 Å². The van der Waals surface area contributed by atoms with Crippen molar-refractivity contribution in [2.45, 2.75) is 33.7 Å². The lowest BCUT2D eigenvalue weighted by Crippen LogP contribution is -2.12. The fraction of sp³-hybridized carbons (Fsp3) is 0.294. The molecule has 5 heteroatoms. The van der Waals surface area contributed by atoms with Gasteiger partial charge in [-0.25, -0.2) is 4.98 Å². The Morgan fingerprint density at radius 2 is 1.95 bits per heavy atom. The van der Waals surface area contributed by atoms with E-state index in [-0.39, 0.29) is 5.91 Å². The average molecular weight is 298 g/mol. The van der Waals surface area contributed by atoms with E-state index in [0.717, 1.165) is 0 Å². The molecule has 2 rings (SSSR count). The number of carbonyl (C=O) groups is 1. The zero-order valence-electron chi connectivity index (χ0n) is 13.2. The second-order valence-corrected chi connectivity index (χ2v) is 5.30. The molecule has 0 fully saturated rings. The van der Waals surface area contributed by atoms with E-state index in [4.69, 9.17) is 5.73 Å². The number of pyridine rings is 1. The van der Waals surface area contributed by atoms with E-state index >= 15 is 0 Å². The van der Waals surface area contributed by atoms with Gasteiger partial charge in [0.2, 0.25) is 5.91 Å². The molecular formula is C17H22N4O. The van der Waals surface area contributed by atoms with Crippen LogP contribution in [0.2, 0.25) is 0 Å². The number of nitrogen functional groups attached to an aromatic ring is 1. The van der Waals surface area contributed by atoms with Crippen molar-refractivity contribution < 1.29 is 4.79 Å². The highest BCUT2D eigenvalue weighted by Gasteiger charge is 2.05. The SMILES string of the molecule is CCC(=O)Nc1ccc(NCc2ccc(C)c(C)c2)nc1N. The minimum absolute atomic E-state index is 0.0793. The second-order valence-electron chi connectivity index (χ2n) is 5.30. The predicted molar refractivity (Wildman–Crippen MR) is 90.8 cm³/mol. The minimum Gasteiger partial charge on any atom is -0.382 e. The number of rotatable bonds is 5. The molecule has 0 radical (unpaired) electrons. The molecule has 5 nitrogen and oxygen atoms in total. The lowest BCUT2D eigenvalue weighted by atomic mass is 10.1. The summed E-state index contributed by atoms with van der Waals surface area (Å²) in [5.74, 6) is 0.918. The van der Waals surface area contributed by atoms with Crippen LogP contribution in [0.1, 0.15) is 30.0 Å². The lowest BCUT2D eigenvalue weighted by molar-refractivity contribution is -0.115. The molecule has 1 aromatic heterocycles. The Hall–Kier alpha value is -2.56. The Morgan fingerprint density at radius 1 is 1.18 bits per heavy atom. The molecule has 1 aromatic carbocycles. The number of benzene rings is 1. The summed E-state index contributed by atoms with van der Waals surface area (Å²) in [6.45, 7) is 6.66. The summed E-state index contributed by atoms with van der Waals surface area (Å²) in [6, 6.07) is 9.93. The molecule has 0 aliphatic rings. The van der Waals surface area contributed by atoms with Crippen molar-refractivity contribution >= 4 is 23.2 Å². The first-order valence-corrected chi connectivity index (χ1v) is 7.36. The highest BCUT2D eigenvalue weighted by molar-refractivity contribution is 5.93. The Bertz CT molecular complexity index is 682. The standard InChI is InChI=1S/C17H22N4O/c1-4-16(22)20-14-7-8-15(21-17(14)18)19-10-13-6-5-11(2)12(3)9-13/h5-9H,4,10H2,1-3H3,(H,20,22)(H3,18,19,21). The van der Waals surface area contributed by atoms with Gasteiger partial charge in [-0.05, 0) is 42.7 Å². The second kappa shape index (κ2) is 6.93. The molecule has 0 saturated carbocycles. The van der Waals surface area contributed by atoms with Crippen LogP contribution in [0.25, 0.3) is 0 Å². The van der Waals surface area contributed by atoms with Gasteiger partial charge in [-0.3, -0.25) is 4.79 Å². The van der Waals surface area contributed by atoms with Crippen molar-refractivity contribution in [2.24, 2.45) is 0 Å². The van der Waals surface area contributed by atoms with E-state index in [1.54, 1.807) is 13.0 Å². The Labute approximate surface area is 130 Å². The van der Waals surface area contributed by atoms with Gasteiger partial charge in [0.1, 0.15) is 11.6 Å². The van der Waals surface area contributed by atoms with Crippen LogP contribution in [-0.2, 0) is 11.3 Å². The molecule has 4 N–H and O–H groups in total. The van der Waals surface area contributed by atoms with E-state index in [1.807, 2.05) is 6.07 Å². The molecule has 1 heterocycles. The third-order valence-electron chi connectivity index (χ3n) is 3.56. The molecule has 0 unspecified atom stereocenters. The smallest absolute Gasteiger partial charge is 0.224 e. The van der Waals surface area contributed by atoms with Gasteiger partial charge >= 0.3 is 0 Å².